The number of alkyl halides is 3. The molecule has 1 aliphatic carbocycles. The number of fused-ring (bicyclic) bond motifs is 1. The lowest BCUT2D eigenvalue weighted by molar-refractivity contribution is -0.152. The molecule has 3 aromatic rings. The van der Waals surface area contributed by atoms with E-state index >= 15 is 0 Å². The summed E-state index contributed by atoms with van der Waals surface area (Å²) in [4.78, 5) is 28.1. The Bertz CT molecular complexity index is 1250. The molecule has 1 saturated carbocycles. The van der Waals surface area contributed by atoms with E-state index in [9.17, 15) is 22.8 Å². The van der Waals surface area contributed by atoms with E-state index in [-0.39, 0.29) is 31.6 Å². The first-order valence-corrected chi connectivity index (χ1v) is 11.0. The van der Waals surface area contributed by atoms with Crippen molar-refractivity contribution in [1.82, 2.24) is 10.5 Å². The summed E-state index contributed by atoms with van der Waals surface area (Å²) in [6.07, 6.45) is -4.09. The Balaban J connectivity index is 1.49. The SMILES string of the molecule is CCOC(=O)[C@@]1(Cc2ccc(OCc3cc(C(F)(F)F)nc4ccccc34)cc2)C[C@@H]1C(=O)NO. The quantitative estimate of drug-likeness (QED) is 0.276. The van der Waals surface area contributed by atoms with E-state index in [2.05, 4.69) is 4.98 Å². The molecule has 1 amide bonds. The first kappa shape index (κ1) is 24.5. The van der Waals surface area contributed by atoms with Gasteiger partial charge in [-0.2, -0.15) is 13.2 Å². The smallest absolute Gasteiger partial charge is 0.433 e. The molecule has 2 atom stereocenters. The van der Waals surface area contributed by atoms with E-state index in [1.807, 2.05) is 0 Å². The van der Waals surface area contributed by atoms with Crippen LogP contribution in [0, 0.1) is 11.3 Å². The number of nitrogens with one attached hydrogen (secondary N) is 1. The molecule has 184 valence electrons. The minimum Gasteiger partial charge on any atom is -0.489 e. The van der Waals surface area contributed by atoms with Crippen molar-refractivity contribution in [2.75, 3.05) is 6.61 Å². The minimum atomic E-state index is -4.58. The molecule has 0 radical (unpaired) electrons. The van der Waals surface area contributed by atoms with E-state index in [1.54, 1.807) is 54.9 Å². The van der Waals surface area contributed by atoms with Crippen LogP contribution < -0.4 is 10.2 Å². The fourth-order valence-electron chi connectivity index (χ4n) is 4.24. The van der Waals surface area contributed by atoms with E-state index in [4.69, 9.17) is 14.7 Å². The van der Waals surface area contributed by atoms with Gasteiger partial charge in [0.05, 0.1) is 23.5 Å². The molecule has 0 spiro atoms. The van der Waals surface area contributed by atoms with Gasteiger partial charge in [0.2, 0.25) is 5.91 Å². The lowest BCUT2D eigenvalue weighted by Crippen LogP contribution is -2.30. The van der Waals surface area contributed by atoms with Crippen LogP contribution in [0.3, 0.4) is 0 Å². The highest BCUT2D eigenvalue weighted by molar-refractivity contribution is 5.93. The van der Waals surface area contributed by atoms with Crippen molar-refractivity contribution < 1.29 is 37.4 Å². The molecular formula is C25H23F3N2O5. The summed E-state index contributed by atoms with van der Waals surface area (Å²) in [7, 11) is 0. The number of hydrogen-bond acceptors (Lipinski definition) is 6. The number of hydroxylamine groups is 1. The predicted octanol–water partition coefficient (Wildman–Crippen LogP) is 4.45. The number of aromatic nitrogens is 1. The van der Waals surface area contributed by atoms with Crippen LogP contribution in [0.5, 0.6) is 5.75 Å². The zero-order valence-electron chi connectivity index (χ0n) is 18.8. The maximum absolute atomic E-state index is 13.3. The summed E-state index contributed by atoms with van der Waals surface area (Å²) in [5.41, 5.74) is 0.880. The van der Waals surface area contributed by atoms with Crippen LogP contribution in [0.4, 0.5) is 13.2 Å². The summed E-state index contributed by atoms with van der Waals surface area (Å²) in [6.45, 7) is 1.74. The zero-order chi connectivity index (χ0) is 25.2. The number of benzene rings is 2. The van der Waals surface area contributed by atoms with Crippen molar-refractivity contribution in [2.45, 2.75) is 32.5 Å². The van der Waals surface area contributed by atoms with E-state index in [0.717, 1.165) is 11.6 Å². The lowest BCUT2D eigenvalue weighted by atomic mass is 9.93. The molecule has 0 aliphatic heterocycles. The van der Waals surface area contributed by atoms with Gasteiger partial charge in [0.15, 0.2) is 0 Å². The molecule has 4 rings (SSSR count). The number of pyridine rings is 1. The molecule has 35 heavy (non-hydrogen) atoms. The van der Waals surface area contributed by atoms with Crippen molar-refractivity contribution >= 4 is 22.8 Å². The third kappa shape index (κ3) is 5.07. The van der Waals surface area contributed by atoms with Crippen LogP contribution >= 0.6 is 0 Å². The monoisotopic (exact) mass is 488 g/mol. The number of rotatable bonds is 8. The highest BCUT2D eigenvalue weighted by atomic mass is 19.4. The molecular weight excluding hydrogens is 465 g/mol. The molecule has 0 saturated heterocycles. The number of halogens is 3. The summed E-state index contributed by atoms with van der Waals surface area (Å²) in [6, 6.07) is 14.3. The summed E-state index contributed by atoms with van der Waals surface area (Å²) in [5, 5.41) is 9.50. The van der Waals surface area contributed by atoms with E-state index in [0.29, 0.717) is 16.7 Å². The fraction of sp³-hybridized carbons (Fsp3) is 0.320. The van der Waals surface area contributed by atoms with Crippen molar-refractivity contribution in [3.05, 3.63) is 71.4 Å². The number of carbonyl (C=O) groups excluding carboxylic acids is 2. The first-order chi connectivity index (χ1) is 16.7. The molecule has 0 unspecified atom stereocenters. The van der Waals surface area contributed by atoms with E-state index < -0.39 is 35.1 Å². The van der Waals surface area contributed by atoms with Gasteiger partial charge in [0.25, 0.3) is 0 Å². The number of amides is 1. The normalized spacial score (nSPS) is 19.3. The topological polar surface area (TPSA) is 97.8 Å². The maximum Gasteiger partial charge on any atom is 0.433 e. The van der Waals surface area contributed by atoms with E-state index in [1.165, 1.54) is 6.07 Å². The number of para-hydroxylation sites is 1. The number of carbonyl (C=O) groups is 2. The Morgan fingerprint density at radius 2 is 1.89 bits per heavy atom. The molecule has 0 bridgehead atoms. The average Bonchev–Trinajstić information content (AvgIpc) is 3.57. The van der Waals surface area contributed by atoms with Gasteiger partial charge in [-0.3, -0.25) is 14.8 Å². The largest absolute Gasteiger partial charge is 0.489 e. The van der Waals surface area contributed by atoms with Crippen LogP contribution in [0.2, 0.25) is 0 Å². The summed E-state index contributed by atoms with van der Waals surface area (Å²) in [5.74, 6) is -1.40. The second-order valence-corrected chi connectivity index (χ2v) is 8.40. The predicted molar refractivity (Wildman–Crippen MR) is 118 cm³/mol. The van der Waals surface area contributed by atoms with Gasteiger partial charge in [-0.25, -0.2) is 10.5 Å². The molecule has 10 heteroatoms. The average molecular weight is 488 g/mol. The molecule has 2 aromatic carbocycles. The summed E-state index contributed by atoms with van der Waals surface area (Å²) < 4.78 is 50.7. The van der Waals surface area contributed by atoms with Crippen LogP contribution in [0.1, 0.15) is 30.2 Å². The zero-order valence-corrected chi connectivity index (χ0v) is 18.8. The number of hydrogen-bond donors (Lipinski definition) is 2. The highest BCUT2D eigenvalue weighted by Crippen LogP contribution is 2.56. The number of nitrogens with zero attached hydrogens (tertiary/aromatic N) is 1. The van der Waals surface area contributed by atoms with Gasteiger partial charge in [-0.1, -0.05) is 30.3 Å². The number of ether oxygens (including phenoxy) is 2. The van der Waals surface area contributed by atoms with Gasteiger partial charge < -0.3 is 9.47 Å². The Labute approximate surface area is 198 Å². The molecule has 1 fully saturated rings. The Hall–Kier alpha value is -3.66. The second-order valence-electron chi connectivity index (χ2n) is 8.40. The first-order valence-electron chi connectivity index (χ1n) is 11.0. The van der Waals surface area contributed by atoms with Gasteiger partial charge >= 0.3 is 12.1 Å². The Morgan fingerprint density at radius 1 is 1.17 bits per heavy atom. The molecule has 1 aromatic heterocycles. The van der Waals surface area contributed by atoms with Gasteiger partial charge in [0.1, 0.15) is 18.1 Å². The van der Waals surface area contributed by atoms with Crippen molar-refractivity contribution in [2.24, 2.45) is 11.3 Å². The van der Waals surface area contributed by atoms with Crippen LogP contribution in [0.25, 0.3) is 10.9 Å². The maximum atomic E-state index is 13.3. The third-order valence-corrected chi connectivity index (χ3v) is 6.11. The summed E-state index contributed by atoms with van der Waals surface area (Å²) >= 11 is 0. The van der Waals surface area contributed by atoms with Crippen molar-refractivity contribution in [3.8, 4) is 5.75 Å². The van der Waals surface area contributed by atoms with Crippen molar-refractivity contribution in [1.29, 1.82) is 0 Å². The Morgan fingerprint density at radius 3 is 2.54 bits per heavy atom. The van der Waals surface area contributed by atoms with Crippen LogP contribution in [-0.2, 0) is 33.5 Å². The van der Waals surface area contributed by atoms with Crippen molar-refractivity contribution in [3.63, 3.8) is 0 Å². The van der Waals surface area contributed by atoms with Gasteiger partial charge in [-0.05, 0) is 49.6 Å². The minimum absolute atomic E-state index is 0.100. The highest BCUT2D eigenvalue weighted by Gasteiger charge is 2.64. The van der Waals surface area contributed by atoms with Crippen LogP contribution in [-0.4, -0.2) is 28.7 Å². The number of esters is 1. The molecule has 2 N–H and O–H groups in total. The molecule has 1 aliphatic rings. The van der Waals surface area contributed by atoms with Gasteiger partial charge in [-0.15, -0.1) is 0 Å². The molecule has 7 nitrogen and oxygen atoms in total. The molecule has 1 heterocycles. The van der Waals surface area contributed by atoms with Crippen LogP contribution in [0.15, 0.2) is 54.6 Å². The lowest BCUT2D eigenvalue weighted by Gasteiger charge is -2.16. The standard InChI is InChI=1S/C25H23F3N2O5/c1-2-34-23(32)24(13-19(24)22(31)30-33)12-15-7-9-17(10-8-15)35-14-16-11-21(25(26,27)28)29-20-6-4-3-5-18(16)20/h3-11,19,33H,2,12-14H2,1H3,(H,30,31)/t19-,24+/m1/s1. The second kappa shape index (κ2) is 9.53. The Kier molecular flexibility index (Phi) is 6.66. The van der Waals surface area contributed by atoms with Gasteiger partial charge in [0, 0.05) is 10.9 Å². The fourth-order valence-corrected chi connectivity index (χ4v) is 4.24. The third-order valence-electron chi connectivity index (χ3n) is 6.11.